The maximum absolute atomic E-state index is 13.3. The summed E-state index contributed by atoms with van der Waals surface area (Å²) in [4.78, 5) is 16.1. The molecule has 2 bridgehead atoms. The van der Waals surface area contributed by atoms with Crippen LogP contribution in [0.1, 0.15) is 86.0 Å². The van der Waals surface area contributed by atoms with Crippen molar-refractivity contribution < 1.29 is 24.1 Å². The summed E-state index contributed by atoms with van der Waals surface area (Å²) in [5, 5.41) is 15.0. The van der Waals surface area contributed by atoms with Gasteiger partial charge < -0.3 is 19.3 Å². The molecule has 0 radical (unpaired) electrons. The van der Waals surface area contributed by atoms with E-state index in [0.29, 0.717) is 17.9 Å². The molecule has 2 N–H and O–H groups in total. The Kier molecular flexibility index (Phi) is 6.55. The highest BCUT2D eigenvalue weighted by Gasteiger charge is 2.78. The average molecular weight is 519 g/mol. The Morgan fingerprint density at radius 2 is 1.92 bits per heavy atom. The molecule has 6 fully saturated rings. The molecule has 0 aromatic rings. The van der Waals surface area contributed by atoms with Crippen LogP contribution in [0.2, 0.25) is 0 Å². The fraction of sp³-hybridized carbons (Fsp3) is 0.967. The SMILES string of the molecule is CO[C@]12CCC(N[C@@H](C(=O)OC(C)(C)C)C(C)C)[C@@H]3OC4C(O)CCC5CC1N(CC1CC1)CC[C@]32C54. The first-order valence-electron chi connectivity index (χ1n) is 15.1. The molecular weight excluding hydrogens is 468 g/mol. The number of hydrogen-bond donors (Lipinski definition) is 2. The quantitative estimate of drug-likeness (QED) is 0.499. The fourth-order valence-electron chi connectivity index (χ4n) is 9.58. The molecule has 4 aliphatic carbocycles. The summed E-state index contributed by atoms with van der Waals surface area (Å²) in [5.41, 5.74) is -0.911. The van der Waals surface area contributed by atoms with E-state index >= 15 is 0 Å². The van der Waals surface area contributed by atoms with Crippen LogP contribution in [0.15, 0.2) is 0 Å². The molecule has 6 rings (SSSR count). The summed E-state index contributed by atoms with van der Waals surface area (Å²) < 4.78 is 19.6. The van der Waals surface area contributed by atoms with Crippen LogP contribution >= 0.6 is 0 Å². The van der Waals surface area contributed by atoms with Crippen molar-refractivity contribution in [3.8, 4) is 0 Å². The first kappa shape index (κ1) is 26.5. The minimum atomic E-state index is -0.524. The predicted octanol–water partition coefficient (Wildman–Crippen LogP) is 3.52. The number of carbonyl (C=O) groups excluding carboxylic acids is 1. The monoisotopic (exact) mass is 518 g/mol. The lowest BCUT2D eigenvalue weighted by Crippen LogP contribution is -2.79. The van der Waals surface area contributed by atoms with Crippen LogP contribution in [0.3, 0.4) is 0 Å². The van der Waals surface area contributed by atoms with E-state index in [9.17, 15) is 9.90 Å². The van der Waals surface area contributed by atoms with Crippen LogP contribution in [0, 0.1) is 29.1 Å². The van der Waals surface area contributed by atoms with Gasteiger partial charge >= 0.3 is 5.97 Å². The summed E-state index contributed by atoms with van der Waals surface area (Å²) in [7, 11) is 1.94. The number of esters is 1. The average Bonchev–Trinajstić information content (AvgIpc) is 3.57. The van der Waals surface area contributed by atoms with Gasteiger partial charge in [0.05, 0.1) is 23.9 Å². The van der Waals surface area contributed by atoms with Crippen molar-refractivity contribution in [2.45, 2.75) is 134 Å². The number of likely N-dealkylation sites (tertiary alicyclic amines) is 1. The molecule has 2 heterocycles. The van der Waals surface area contributed by atoms with Crippen LogP contribution in [-0.4, -0.2) is 83.8 Å². The highest BCUT2D eigenvalue weighted by molar-refractivity contribution is 5.76. The van der Waals surface area contributed by atoms with Gasteiger partial charge in [-0.2, -0.15) is 0 Å². The van der Waals surface area contributed by atoms with Crippen molar-refractivity contribution >= 4 is 5.97 Å². The number of ether oxygens (including phenoxy) is 3. The third-order valence-corrected chi connectivity index (χ3v) is 11.1. The molecule has 0 amide bonds. The maximum Gasteiger partial charge on any atom is 0.323 e. The third-order valence-electron chi connectivity index (χ3n) is 11.1. The lowest BCUT2D eigenvalue weighted by molar-refractivity contribution is -0.272. The largest absolute Gasteiger partial charge is 0.459 e. The fourth-order valence-corrected chi connectivity index (χ4v) is 9.58. The van der Waals surface area contributed by atoms with Gasteiger partial charge in [0.1, 0.15) is 11.6 Å². The normalized spacial score (nSPS) is 46.0. The Bertz CT molecular complexity index is 886. The van der Waals surface area contributed by atoms with E-state index in [1.54, 1.807) is 0 Å². The van der Waals surface area contributed by atoms with Crippen LogP contribution in [0.4, 0.5) is 0 Å². The van der Waals surface area contributed by atoms with Crippen LogP contribution in [-0.2, 0) is 19.0 Å². The molecule has 2 aliphatic heterocycles. The topological polar surface area (TPSA) is 80.3 Å². The molecule has 0 aromatic heterocycles. The molecule has 4 saturated carbocycles. The second-order valence-electron chi connectivity index (χ2n) is 14.6. The highest BCUT2D eigenvalue weighted by Crippen LogP contribution is 2.70. The van der Waals surface area contributed by atoms with E-state index in [4.69, 9.17) is 14.2 Å². The molecule has 1 spiro atoms. The molecular formula is C30H50N2O5. The van der Waals surface area contributed by atoms with E-state index in [2.05, 4.69) is 24.1 Å². The molecule has 7 nitrogen and oxygen atoms in total. The zero-order chi connectivity index (χ0) is 26.3. The lowest BCUT2D eigenvalue weighted by atomic mass is 9.42. The number of methoxy groups -OCH3 is 1. The smallest absolute Gasteiger partial charge is 0.323 e. The van der Waals surface area contributed by atoms with Gasteiger partial charge in [-0.25, -0.2) is 0 Å². The van der Waals surface area contributed by atoms with E-state index in [1.165, 1.54) is 19.4 Å². The van der Waals surface area contributed by atoms with Gasteiger partial charge in [-0.3, -0.25) is 15.0 Å². The van der Waals surface area contributed by atoms with Gasteiger partial charge in [0, 0.05) is 37.1 Å². The second kappa shape index (κ2) is 9.15. The van der Waals surface area contributed by atoms with Gasteiger partial charge in [-0.15, -0.1) is 0 Å². The van der Waals surface area contributed by atoms with Crippen molar-refractivity contribution in [2.24, 2.45) is 29.1 Å². The van der Waals surface area contributed by atoms with Crippen molar-refractivity contribution in [3.05, 3.63) is 0 Å². The molecule has 0 aromatic carbocycles. The lowest BCUT2D eigenvalue weighted by Gasteiger charge is -2.70. The van der Waals surface area contributed by atoms with Crippen molar-refractivity contribution in [1.82, 2.24) is 10.2 Å². The Morgan fingerprint density at radius 1 is 1.16 bits per heavy atom. The van der Waals surface area contributed by atoms with Crippen molar-refractivity contribution in [3.63, 3.8) is 0 Å². The molecule has 2 saturated heterocycles. The zero-order valence-corrected chi connectivity index (χ0v) is 23.9. The predicted molar refractivity (Wildman–Crippen MR) is 141 cm³/mol. The van der Waals surface area contributed by atoms with Crippen LogP contribution in [0.5, 0.6) is 0 Å². The van der Waals surface area contributed by atoms with E-state index in [0.717, 1.165) is 51.0 Å². The number of piperidine rings is 1. The van der Waals surface area contributed by atoms with Crippen LogP contribution in [0.25, 0.3) is 0 Å². The first-order valence-corrected chi connectivity index (χ1v) is 15.1. The second-order valence-corrected chi connectivity index (χ2v) is 14.6. The molecule has 10 atom stereocenters. The summed E-state index contributed by atoms with van der Waals surface area (Å²) >= 11 is 0. The molecule has 6 aliphatic rings. The van der Waals surface area contributed by atoms with Gasteiger partial charge in [-0.05, 0) is 96.4 Å². The molecule has 6 unspecified atom stereocenters. The summed E-state index contributed by atoms with van der Waals surface area (Å²) in [6, 6.07) is 0.0632. The van der Waals surface area contributed by atoms with Crippen LogP contribution < -0.4 is 5.32 Å². The number of rotatable bonds is 7. The highest BCUT2D eigenvalue weighted by atomic mass is 16.6. The Morgan fingerprint density at radius 3 is 2.57 bits per heavy atom. The molecule has 37 heavy (non-hydrogen) atoms. The number of carbonyl (C=O) groups is 1. The Labute approximate surface area is 223 Å². The van der Waals surface area contributed by atoms with Gasteiger partial charge in [0.15, 0.2) is 0 Å². The van der Waals surface area contributed by atoms with E-state index in [1.807, 2.05) is 27.9 Å². The number of aliphatic hydroxyl groups is 1. The van der Waals surface area contributed by atoms with Crippen molar-refractivity contribution in [2.75, 3.05) is 20.2 Å². The number of nitrogens with one attached hydrogen (secondary N) is 1. The number of nitrogens with zero attached hydrogens (tertiary/aromatic N) is 1. The zero-order valence-electron chi connectivity index (χ0n) is 23.9. The summed E-state index contributed by atoms with van der Waals surface area (Å²) in [6.07, 6.45) is 8.13. The Hall–Kier alpha value is -0.730. The number of hydrogen-bond acceptors (Lipinski definition) is 7. The molecule has 210 valence electrons. The summed E-state index contributed by atoms with van der Waals surface area (Å²) in [5.74, 6) is 1.67. The minimum absolute atomic E-state index is 0.0374. The van der Waals surface area contributed by atoms with Gasteiger partial charge in [-0.1, -0.05) is 13.8 Å². The van der Waals surface area contributed by atoms with Gasteiger partial charge in [0.2, 0.25) is 0 Å². The Balaban J connectivity index is 1.36. The standard InChI is InChI=1S/C30H50N2O5/c1-17(2)24(27(34)37-28(3,4)5)31-20-11-12-30(35-6)22-15-19-9-10-21(33)25-23(19)29(30,26(20)36-25)13-14-32(22)16-18-7-8-18/h17-26,31,33H,7-16H2,1-6H3/t19?,20?,21?,22?,23?,24-,25?,26+,29+,30-/m1/s1. The number of aliphatic hydroxyl groups excluding tert-OH is 1. The molecule has 7 heteroatoms. The maximum atomic E-state index is 13.3. The minimum Gasteiger partial charge on any atom is -0.459 e. The summed E-state index contributed by atoms with van der Waals surface area (Å²) in [6.45, 7) is 12.3. The first-order chi connectivity index (χ1) is 17.5. The van der Waals surface area contributed by atoms with Gasteiger partial charge in [0.25, 0.3) is 0 Å². The third kappa shape index (κ3) is 4.04. The van der Waals surface area contributed by atoms with E-state index < -0.39 is 17.7 Å². The van der Waals surface area contributed by atoms with Crippen molar-refractivity contribution in [1.29, 1.82) is 0 Å². The van der Waals surface area contributed by atoms with E-state index in [-0.39, 0.29) is 41.2 Å².